The molecule has 144 valence electrons. The van der Waals surface area contributed by atoms with Crippen LogP contribution in [0.5, 0.6) is 0 Å². The number of esters is 1. The lowest BCUT2D eigenvalue weighted by Gasteiger charge is -2.32. The lowest BCUT2D eigenvalue weighted by Crippen LogP contribution is -2.39. The molecule has 0 amide bonds. The van der Waals surface area contributed by atoms with Gasteiger partial charge in [0.25, 0.3) is 0 Å². The molecule has 2 aromatic carbocycles. The van der Waals surface area contributed by atoms with Crippen molar-refractivity contribution in [3.63, 3.8) is 0 Å². The number of hydrogen-bond acceptors (Lipinski definition) is 5. The number of Topliss-reactive ketones (excluding diaryl/α,β-unsaturated/α-hetero) is 1. The molecule has 3 atom stereocenters. The van der Waals surface area contributed by atoms with Gasteiger partial charge < -0.3 is 15.4 Å². The van der Waals surface area contributed by atoms with Gasteiger partial charge in [0, 0.05) is 16.3 Å². The van der Waals surface area contributed by atoms with E-state index in [1.165, 1.54) is 7.11 Å². The first kappa shape index (κ1) is 18.6. The van der Waals surface area contributed by atoms with E-state index in [0.717, 1.165) is 22.6 Å². The van der Waals surface area contributed by atoms with Crippen molar-refractivity contribution in [2.75, 3.05) is 17.7 Å². The fraction of sp³-hybridized carbons (Fsp3) is 0.273. The molecule has 0 aromatic heterocycles. The van der Waals surface area contributed by atoms with Gasteiger partial charge in [0.1, 0.15) is 5.92 Å². The van der Waals surface area contributed by atoms with Crippen LogP contribution in [0.3, 0.4) is 0 Å². The maximum Gasteiger partial charge on any atom is 0.316 e. The van der Waals surface area contributed by atoms with Crippen LogP contribution in [0, 0.1) is 11.8 Å². The average Bonchev–Trinajstić information content (AvgIpc) is 2.84. The number of rotatable bonds is 2. The summed E-state index contributed by atoms with van der Waals surface area (Å²) < 4.78 is 4.92. The molecule has 0 bridgehead atoms. The average molecular weight is 397 g/mol. The van der Waals surface area contributed by atoms with E-state index in [-0.39, 0.29) is 11.7 Å². The Morgan fingerprint density at radius 2 is 1.89 bits per heavy atom. The largest absolute Gasteiger partial charge is 0.468 e. The number of halogens is 1. The van der Waals surface area contributed by atoms with E-state index in [1.807, 2.05) is 49.4 Å². The highest BCUT2D eigenvalue weighted by atomic mass is 35.5. The van der Waals surface area contributed by atoms with E-state index >= 15 is 0 Å². The molecular formula is C22H21ClN2O3. The van der Waals surface area contributed by atoms with E-state index < -0.39 is 17.9 Å². The summed E-state index contributed by atoms with van der Waals surface area (Å²) in [7, 11) is 1.32. The van der Waals surface area contributed by atoms with Crippen molar-refractivity contribution < 1.29 is 14.3 Å². The first-order valence-electron chi connectivity index (χ1n) is 9.22. The van der Waals surface area contributed by atoms with Gasteiger partial charge in [-0.2, -0.15) is 0 Å². The number of para-hydroxylation sites is 2. The van der Waals surface area contributed by atoms with Crippen LogP contribution >= 0.6 is 11.6 Å². The molecule has 5 nitrogen and oxygen atoms in total. The molecule has 0 saturated heterocycles. The summed E-state index contributed by atoms with van der Waals surface area (Å²) in [6.45, 7) is 1.91. The van der Waals surface area contributed by atoms with Gasteiger partial charge in [-0.1, -0.05) is 42.8 Å². The molecule has 2 N–H and O–H groups in total. The normalized spacial score (nSPS) is 23.7. The van der Waals surface area contributed by atoms with Crippen LogP contribution in [-0.4, -0.2) is 18.9 Å². The second-order valence-electron chi connectivity index (χ2n) is 7.24. The van der Waals surface area contributed by atoms with E-state index in [9.17, 15) is 9.59 Å². The number of anilines is 2. The molecule has 0 fully saturated rings. The Hall–Kier alpha value is -2.79. The highest BCUT2D eigenvalue weighted by molar-refractivity contribution is 6.30. The Morgan fingerprint density at radius 1 is 1.14 bits per heavy atom. The molecule has 28 heavy (non-hydrogen) atoms. The maximum atomic E-state index is 13.5. The van der Waals surface area contributed by atoms with Crippen molar-refractivity contribution in [3.05, 3.63) is 70.4 Å². The van der Waals surface area contributed by atoms with E-state index in [1.54, 1.807) is 6.07 Å². The Bertz CT molecular complexity index is 985. The summed E-state index contributed by atoms with van der Waals surface area (Å²) in [6, 6.07) is 14.8. The molecule has 0 saturated carbocycles. The number of benzene rings is 2. The molecule has 1 aliphatic heterocycles. The Kier molecular flexibility index (Phi) is 4.85. The molecule has 1 aliphatic carbocycles. The van der Waals surface area contributed by atoms with Gasteiger partial charge in [-0.15, -0.1) is 0 Å². The van der Waals surface area contributed by atoms with Gasteiger partial charge in [0.15, 0.2) is 5.78 Å². The maximum absolute atomic E-state index is 13.5. The van der Waals surface area contributed by atoms with Crippen LogP contribution in [-0.2, 0) is 14.3 Å². The summed E-state index contributed by atoms with van der Waals surface area (Å²) in [5.74, 6) is -1.67. The Labute approximate surface area is 168 Å². The van der Waals surface area contributed by atoms with Gasteiger partial charge in [0.2, 0.25) is 0 Å². The minimum absolute atomic E-state index is 0.156. The molecule has 6 heteroatoms. The first-order valence-corrected chi connectivity index (χ1v) is 9.60. The summed E-state index contributed by atoms with van der Waals surface area (Å²) >= 11 is 6.22. The third-order valence-electron chi connectivity index (χ3n) is 5.41. The monoisotopic (exact) mass is 396 g/mol. The standard InChI is InChI=1S/C22H21ClN2O3/c1-12-10-17-19(21(26)18(12)22(27)28-2)20(13-6-5-7-14(23)11-13)25-16-9-4-3-8-15(16)24-17/h3-9,11-12,18,20,24-25H,10H2,1-2H3/t12-,18-,20-/m0/s1. The van der Waals surface area contributed by atoms with Crippen LogP contribution in [0.1, 0.15) is 24.9 Å². The Morgan fingerprint density at radius 3 is 2.61 bits per heavy atom. The number of ether oxygens (including phenoxy) is 1. The molecule has 1 heterocycles. The molecule has 0 spiro atoms. The van der Waals surface area contributed by atoms with Crippen LogP contribution < -0.4 is 10.6 Å². The third kappa shape index (κ3) is 3.16. The van der Waals surface area contributed by atoms with Crippen LogP contribution in [0.15, 0.2) is 59.8 Å². The van der Waals surface area contributed by atoms with Crippen molar-refractivity contribution in [1.82, 2.24) is 0 Å². The number of nitrogens with one attached hydrogen (secondary N) is 2. The predicted octanol–water partition coefficient (Wildman–Crippen LogP) is 4.57. The molecule has 4 rings (SSSR count). The molecule has 0 unspecified atom stereocenters. The number of fused-ring (bicyclic) bond motifs is 1. The summed E-state index contributed by atoms with van der Waals surface area (Å²) in [4.78, 5) is 25.8. The fourth-order valence-electron chi connectivity index (χ4n) is 4.07. The second-order valence-corrected chi connectivity index (χ2v) is 7.68. The number of carbonyl (C=O) groups excluding carboxylic acids is 2. The number of carbonyl (C=O) groups is 2. The Balaban J connectivity index is 1.88. The van der Waals surface area contributed by atoms with Gasteiger partial charge in [-0.25, -0.2) is 0 Å². The van der Waals surface area contributed by atoms with Gasteiger partial charge in [-0.05, 0) is 42.2 Å². The smallest absolute Gasteiger partial charge is 0.316 e. The lowest BCUT2D eigenvalue weighted by molar-refractivity contribution is -0.151. The highest BCUT2D eigenvalue weighted by Gasteiger charge is 2.44. The van der Waals surface area contributed by atoms with Crippen LogP contribution in [0.2, 0.25) is 5.02 Å². The van der Waals surface area contributed by atoms with Crippen molar-refractivity contribution in [3.8, 4) is 0 Å². The minimum atomic E-state index is -0.810. The van der Waals surface area contributed by atoms with Crippen molar-refractivity contribution in [1.29, 1.82) is 0 Å². The highest BCUT2D eigenvalue weighted by Crippen LogP contribution is 2.43. The zero-order valence-electron chi connectivity index (χ0n) is 15.7. The van der Waals surface area contributed by atoms with Crippen molar-refractivity contribution in [2.45, 2.75) is 19.4 Å². The lowest BCUT2D eigenvalue weighted by atomic mass is 9.75. The van der Waals surface area contributed by atoms with E-state index in [4.69, 9.17) is 16.3 Å². The fourth-order valence-corrected chi connectivity index (χ4v) is 4.27. The number of allylic oxidation sites excluding steroid dienone is 1. The van der Waals surface area contributed by atoms with E-state index in [0.29, 0.717) is 17.0 Å². The third-order valence-corrected chi connectivity index (χ3v) is 5.64. The van der Waals surface area contributed by atoms with Crippen LogP contribution in [0.4, 0.5) is 11.4 Å². The molecule has 2 aliphatic rings. The van der Waals surface area contributed by atoms with Gasteiger partial charge in [-0.3, -0.25) is 9.59 Å². The van der Waals surface area contributed by atoms with Crippen molar-refractivity contribution >= 4 is 34.7 Å². The second kappa shape index (κ2) is 7.32. The minimum Gasteiger partial charge on any atom is -0.468 e. The van der Waals surface area contributed by atoms with Crippen molar-refractivity contribution in [2.24, 2.45) is 11.8 Å². The summed E-state index contributed by atoms with van der Waals surface area (Å²) in [5.41, 5.74) is 4.05. The quantitative estimate of drug-likeness (QED) is 0.575. The van der Waals surface area contributed by atoms with Crippen LogP contribution in [0.25, 0.3) is 0 Å². The SMILES string of the molecule is COC(=O)[C@@H]1C(=O)C2=C(C[C@@H]1C)Nc1ccccc1N[C@H]2c1cccc(Cl)c1. The number of ketones is 1. The van der Waals surface area contributed by atoms with Gasteiger partial charge >= 0.3 is 5.97 Å². The van der Waals surface area contributed by atoms with Gasteiger partial charge in [0.05, 0.1) is 24.5 Å². The first-order chi connectivity index (χ1) is 13.5. The predicted molar refractivity (Wildman–Crippen MR) is 109 cm³/mol. The van der Waals surface area contributed by atoms with E-state index in [2.05, 4.69) is 10.6 Å². The summed E-state index contributed by atoms with van der Waals surface area (Å²) in [5, 5.41) is 7.49. The molecule has 2 aromatic rings. The molecular weight excluding hydrogens is 376 g/mol. The number of hydrogen-bond donors (Lipinski definition) is 2. The zero-order valence-corrected chi connectivity index (χ0v) is 16.4. The number of methoxy groups -OCH3 is 1. The zero-order chi connectivity index (χ0) is 19.8. The molecule has 0 radical (unpaired) electrons. The topological polar surface area (TPSA) is 67.4 Å². The summed E-state index contributed by atoms with van der Waals surface area (Å²) in [6.07, 6.45) is 0.577.